The van der Waals surface area contributed by atoms with Gasteiger partial charge in [0.05, 0.1) is 13.2 Å². The molecule has 0 amide bonds. The molecule has 0 aliphatic rings. The fraction of sp³-hybridized carbons (Fsp3) is 0.438. The Morgan fingerprint density at radius 2 is 2.24 bits per heavy atom. The van der Waals surface area contributed by atoms with Crippen LogP contribution in [-0.2, 0) is 13.5 Å². The number of methoxy groups -OCH3 is 1. The highest BCUT2D eigenvalue weighted by Gasteiger charge is 2.13. The van der Waals surface area contributed by atoms with Gasteiger partial charge in [-0.15, -0.1) is 0 Å². The molecule has 0 fully saturated rings. The maximum Gasteiger partial charge on any atom is 0.124 e. The van der Waals surface area contributed by atoms with E-state index in [1.807, 2.05) is 42.9 Å². The van der Waals surface area contributed by atoms with Crippen LogP contribution < -0.4 is 10.1 Å². The second-order valence-corrected chi connectivity index (χ2v) is 5.17. The summed E-state index contributed by atoms with van der Waals surface area (Å²) in [7, 11) is 3.60. The number of nitrogens with one attached hydrogen (secondary N) is 1. The van der Waals surface area contributed by atoms with Gasteiger partial charge in [0.25, 0.3) is 0 Å². The SMILES string of the molecule is COc1ccc(C)cc1C(O)CNCCc1nccn1C. The molecule has 1 atom stereocenters. The van der Waals surface area contributed by atoms with E-state index in [9.17, 15) is 5.11 Å². The summed E-state index contributed by atoms with van der Waals surface area (Å²) in [5.74, 6) is 1.75. The van der Waals surface area contributed by atoms with Crippen LogP contribution in [0.5, 0.6) is 5.75 Å². The lowest BCUT2D eigenvalue weighted by molar-refractivity contribution is 0.170. The van der Waals surface area contributed by atoms with Crippen LogP contribution in [0.25, 0.3) is 0 Å². The number of ether oxygens (including phenoxy) is 1. The highest BCUT2D eigenvalue weighted by Crippen LogP contribution is 2.25. The number of imidazole rings is 1. The van der Waals surface area contributed by atoms with Gasteiger partial charge >= 0.3 is 0 Å². The Morgan fingerprint density at radius 3 is 2.90 bits per heavy atom. The number of hydrogen-bond donors (Lipinski definition) is 2. The molecule has 1 unspecified atom stereocenters. The first-order valence-electron chi connectivity index (χ1n) is 7.11. The zero-order valence-corrected chi connectivity index (χ0v) is 12.8. The van der Waals surface area contributed by atoms with Gasteiger partial charge in [-0.05, 0) is 19.1 Å². The van der Waals surface area contributed by atoms with Crippen LogP contribution in [0.3, 0.4) is 0 Å². The van der Waals surface area contributed by atoms with Crippen LogP contribution in [-0.4, -0.2) is 34.9 Å². The normalized spacial score (nSPS) is 12.4. The highest BCUT2D eigenvalue weighted by atomic mass is 16.5. The molecule has 5 nitrogen and oxygen atoms in total. The van der Waals surface area contributed by atoms with E-state index >= 15 is 0 Å². The van der Waals surface area contributed by atoms with Crippen LogP contribution in [0.15, 0.2) is 30.6 Å². The van der Waals surface area contributed by atoms with Gasteiger partial charge in [-0.3, -0.25) is 0 Å². The molecule has 2 aromatic rings. The summed E-state index contributed by atoms with van der Waals surface area (Å²) in [5, 5.41) is 13.6. The van der Waals surface area contributed by atoms with Gasteiger partial charge in [0.2, 0.25) is 0 Å². The molecule has 0 aliphatic carbocycles. The minimum Gasteiger partial charge on any atom is -0.496 e. The van der Waals surface area contributed by atoms with E-state index in [1.165, 1.54) is 0 Å². The van der Waals surface area contributed by atoms with Crippen molar-refractivity contribution in [1.29, 1.82) is 0 Å². The molecule has 0 radical (unpaired) electrons. The molecule has 0 aliphatic heterocycles. The molecule has 2 rings (SSSR count). The summed E-state index contributed by atoms with van der Waals surface area (Å²) in [6.07, 6.45) is 3.98. The van der Waals surface area contributed by atoms with Crippen molar-refractivity contribution in [2.75, 3.05) is 20.2 Å². The predicted molar refractivity (Wildman–Crippen MR) is 82.5 cm³/mol. The van der Waals surface area contributed by atoms with Crippen LogP contribution >= 0.6 is 0 Å². The predicted octanol–water partition coefficient (Wildman–Crippen LogP) is 1.60. The zero-order chi connectivity index (χ0) is 15.2. The summed E-state index contributed by atoms with van der Waals surface area (Å²) in [4.78, 5) is 4.27. The van der Waals surface area contributed by atoms with Gasteiger partial charge in [-0.25, -0.2) is 4.98 Å². The Morgan fingerprint density at radius 1 is 1.43 bits per heavy atom. The minimum absolute atomic E-state index is 0.490. The van der Waals surface area contributed by atoms with E-state index < -0.39 is 6.10 Å². The smallest absolute Gasteiger partial charge is 0.124 e. The molecule has 2 N–H and O–H groups in total. The average Bonchev–Trinajstić information content (AvgIpc) is 2.88. The Bertz CT molecular complexity index is 581. The first kappa shape index (κ1) is 15.5. The number of aliphatic hydroxyl groups excluding tert-OH is 1. The lowest BCUT2D eigenvalue weighted by atomic mass is 10.1. The van der Waals surface area contributed by atoms with Gasteiger partial charge in [0, 0.05) is 44.5 Å². The molecule has 1 aromatic heterocycles. The van der Waals surface area contributed by atoms with Gasteiger partial charge in [-0.1, -0.05) is 11.6 Å². The maximum atomic E-state index is 10.3. The fourth-order valence-electron chi connectivity index (χ4n) is 2.30. The highest BCUT2D eigenvalue weighted by molar-refractivity contribution is 5.38. The molecule has 0 saturated carbocycles. The molecule has 0 bridgehead atoms. The number of benzene rings is 1. The Hall–Kier alpha value is -1.85. The number of hydrogen-bond acceptors (Lipinski definition) is 4. The Balaban J connectivity index is 1.86. The van der Waals surface area contributed by atoms with Crippen molar-refractivity contribution < 1.29 is 9.84 Å². The molecular formula is C16H23N3O2. The molecule has 1 aromatic carbocycles. The first-order valence-corrected chi connectivity index (χ1v) is 7.11. The molecular weight excluding hydrogens is 266 g/mol. The zero-order valence-electron chi connectivity index (χ0n) is 12.8. The van der Waals surface area contributed by atoms with Gasteiger partial charge in [-0.2, -0.15) is 0 Å². The topological polar surface area (TPSA) is 59.3 Å². The van der Waals surface area contributed by atoms with Crippen molar-refractivity contribution in [2.45, 2.75) is 19.4 Å². The quantitative estimate of drug-likeness (QED) is 0.760. The molecule has 5 heteroatoms. The van der Waals surface area contributed by atoms with Gasteiger partial charge in [0.1, 0.15) is 11.6 Å². The van der Waals surface area contributed by atoms with Gasteiger partial charge in [0.15, 0.2) is 0 Å². The standard InChI is InChI=1S/C16H23N3O2/c1-12-4-5-15(21-3)13(10-12)14(20)11-17-7-6-16-18-8-9-19(16)2/h4-5,8-10,14,17,20H,6-7,11H2,1-3H3. The molecule has 21 heavy (non-hydrogen) atoms. The van der Waals surface area contributed by atoms with Crippen LogP contribution in [0, 0.1) is 6.92 Å². The Labute approximate surface area is 125 Å². The first-order chi connectivity index (χ1) is 10.1. The van der Waals surface area contributed by atoms with E-state index in [0.29, 0.717) is 6.54 Å². The van der Waals surface area contributed by atoms with Crippen molar-refractivity contribution in [3.63, 3.8) is 0 Å². The summed E-state index contributed by atoms with van der Waals surface area (Å²) in [5.41, 5.74) is 1.93. The third-order valence-electron chi connectivity index (χ3n) is 3.53. The summed E-state index contributed by atoms with van der Waals surface area (Å²) < 4.78 is 7.30. The van der Waals surface area contributed by atoms with Crippen molar-refractivity contribution in [3.05, 3.63) is 47.5 Å². The monoisotopic (exact) mass is 289 g/mol. The number of rotatable bonds is 7. The van der Waals surface area contributed by atoms with Crippen LogP contribution in [0.2, 0.25) is 0 Å². The fourth-order valence-corrected chi connectivity index (χ4v) is 2.30. The third kappa shape index (κ3) is 4.06. The number of aryl methyl sites for hydroxylation is 2. The van der Waals surface area contributed by atoms with E-state index in [4.69, 9.17) is 4.74 Å². The molecule has 1 heterocycles. The third-order valence-corrected chi connectivity index (χ3v) is 3.53. The van der Waals surface area contributed by atoms with E-state index in [0.717, 1.165) is 35.7 Å². The Kier molecular flexibility index (Phi) is 5.36. The number of aliphatic hydroxyl groups is 1. The molecule has 0 saturated heterocycles. The van der Waals surface area contributed by atoms with E-state index in [2.05, 4.69) is 10.3 Å². The van der Waals surface area contributed by atoms with Crippen molar-refractivity contribution >= 4 is 0 Å². The van der Waals surface area contributed by atoms with E-state index in [1.54, 1.807) is 13.3 Å². The largest absolute Gasteiger partial charge is 0.496 e. The second-order valence-electron chi connectivity index (χ2n) is 5.17. The van der Waals surface area contributed by atoms with Crippen LogP contribution in [0.4, 0.5) is 0 Å². The molecule has 0 spiro atoms. The second kappa shape index (κ2) is 7.24. The van der Waals surface area contributed by atoms with E-state index in [-0.39, 0.29) is 0 Å². The lowest BCUT2D eigenvalue weighted by Crippen LogP contribution is -2.24. The maximum absolute atomic E-state index is 10.3. The summed E-state index contributed by atoms with van der Waals surface area (Å²) in [6, 6.07) is 5.83. The molecule has 114 valence electrons. The number of aromatic nitrogens is 2. The van der Waals surface area contributed by atoms with Gasteiger partial charge < -0.3 is 19.7 Å². The number of nitrogens with zero attached hydrogens (tertiary/aromatic N) is 2. The van der Waals surface area contributed by atoms with Crippen molar-refractivity contribution in [1.82, 2.24) is 14.9 Å². The minimum atomic E-state index is -0.582. The average molecular weight is 289 g/mol. The van der Waals surface area contributed by atoms with Crippen LogP contribution in [0.1, 0.15) is 23.1 Å². The van der Waals surface area contributed by atoms with Crippen molar-refractivity contribution in [3.8, 4) is 5.75 Å². The lowest BCUT2D eigenvalue weighted by Gasteiger charge is -2.16. The summed E-state index contributed by atoms with van der Waals surface area (Å²) in [6.45, 7) is 3.27. The van der Waals surface area contributed by atoms with Crippen molar-refractivity contribution in [2.24, 2.45) is 7.05 Å². The summed E-state index contributed by atoms with van der Waals surface area (Å²) >= 11 is 0.